The van der Waals surface area contributed by atoms with Crippen molar-refractivity contribution in [1.29, 1.82) is 5.26 Å². The zero-order chi connectivity index (χ0) is 27.3. The van der Waals surface area contributed by atoms with Crippen molar-refractivity contribution in [2.75, 3.05) is 44.9 Å². The van der Waals surface area contributed by atoms with Crippen molar-refractivity contribution in [1.82, 2.24) is 20.1 Å². The molecule has 0 bridgehead atoms. The molecule has 2 saturated heterocycles. The molecule has 204 valence electrons. The highest BCUT2D eigenvalue weighted by molar-refractivity contribution is 5.83. The molecule has 2 aromatic rings. The highest BCUT2D eigenvalue weighted by Gasteiger charge is 2.40. The molecule has 4 rings (SSSR count). The third-order valence-corrected chi connectivity index (χ3v) is 6.53. The molecule has 2 aliphatic heterocycles. The van der Waals surface area contributed by atoms with Crippen molar-refractivity contribution in [3.05, 3.63) is 46.0 Å². The fraction of sp³-hybridized carbons (Fsp3) is 0.542. The van der Waals surface area contributed by atoms with Crippen molar-refractivity contribution in [3.63, 3.8) is 0 Å². The zero-order valence-corrected chi connectivity index (χ0v) is 20.6. The van der Waals surface area contributed by atoms with E-state index in [-0.39, 0.29) is 25.2 Å². The molecule has 0 spiro atoms. The minimum atomic E-state index is -4.95. The summed E-state index contributed by atoms with van der Waals surface area (Å²) < 4.78 is 56.2. The van der Waals surface area contributed by atoms with Gasteiger partial charge in [0.2, 0.25) is 0 Å². The molecule has 2 aliphatic rings. The van der Waals surface area contributed by atoms with Gasteiger partial charge in [-0.25, -0.2) is 10.1 Å². The maximum absolute atomic E-state index is 13.3. The molecule has 0 aromatic carbocycles. The first-order valence-corrected chi connectivity index (χ1v) is 12.0. The van der Waals surface area contributed by atoms with Crippen molar-refractivity contribution in [2.24, 2.45) is 0 Å². The van der Waals surface area contributed by atoms with E-state index in [4.69, 9.17) is 19.5 Å². The monoisotopic (exact) mass is 536 g/mol. The minimum absolute atomic E-state index is 0.0354. The number of methoxy groups -OCH3 is 1. The Bertz CT molecular complexity index is 1210. The van der Waals surface area contributed by atoms with Gasteiger partial charge in [-0.3, -0.25) is 9.59 Å². The first-order valence-electron chi connectivity index (χ1n) is 12.0. The summed E-state index contributed by atoms with van der Waals surface area (Å²) >= 11 is 0. The van der Waals surface area contributed by atoms with Gasteiger partial charge in [0, 0.05) is 45.4 Å². The number of likely N-dealkylation sites (tertiary alicyclic amines) is 1. The number of aromatic nitrogens is 3. The zero-order valence-electron chi connectivity index (χ0n) is 20.6. The van der Waals surface area contributed by atoms with Gasteiger partial charge >= 0.3 is 6.18 Å². The number of H-pyrrole nitrogens is 1. The number of alkyl halides is 3. The molecule has 0 unspecified atom stereocenters. The van der Waals surface area contributed by atoms with Crippen LogP contribution in [0, 0.1) is 11.3 Å². The van der Waals surface area contributed by atoms with Crippen LogP contribution in [0.1, 0.15) is 30.4 Å². The van der Waals surface area contributed by atoms with Gasteiger partial charge in [-0.05, 0) is 25.0 Å². The van der Waals surface area contributed by atoms with Crippen molar-refractivity contribution in [2.45, 2.75) is 43.7 Å². The number of pyridine rings is 1. The average molecular weight is 537 g/mol. The van der Waals surface area contributed by atoms with E-state index in [1.54, 1.807) is 16.1 Å². The number of ether oxygens (including phenoxy) is 3. The Morgan fingerprint density at radius 1 is 1.16 bits per heavy atom. The van der Waals surface area contributed by atoms with E-state index in [0.717, 1.165) is 24.9 Å². The number of halogens is 3. The third kappa shape index (κ3) is 6.22. The van der Waals surface area contributed by atoms with Crippen LogP contribution in [0.5, 0.6) is 5.75 Å². The Morgan fingerprint density at radius 3 is 2.55 bits per heavy atom. The first kappa shape index (κ1) is 27.3. The van der Waals surface area contributed by atoms with Crippen LogP contribution in [-0.4, -0.2) is 84.2 Å². The largest absolute Gasteiger partial charge is 0.483 e. The average Bonchev–Trinajstić information content (AvgIpc) is 3.27. The Balaban J connectivity index is 1.32. The second-order valence-electron chi connectivity index (χ2n) is 9.01. The van der Waals surface area contributed by atoms with E-state index in [2.05, 4.69) is 15.0 Å². The Kier molecular flexibility index (Phi) is 8.48. The summed E-state index contributed by atoms with van der Waals surface area (Å²) in [6, 6.07) is 5.61. The Hall–Kier alpha value is -3.70. The molecule has 11 nitrogen and oxygen atoms in total. The molecule has 4 heterocycles. The van der Waals surface area contributed by atoms with E-state index >= 15 is 0 Å². The van der Waals surface area contributed by atoms with E-state index < -0.39 is 35.3 Å². The predicted octanol–water partition coefficient (Wildman–Crippen LogP) is 1.74. The molecule has 0 aliphatic carbocycles. The molecule has 2 fully saturated rings. The Morgan fingerprint density at radius 2 is 1.92 bits per heavy atom. The highest BCUT2D eigenvalue weighted by atomic mass is 19.4. The summed E-state index contributed by atoms with van der Waals surface area (Å²) in [5.41, 5.74) is -2.43. The highest BCUT2D eigenvalue weighted by Crippen LogP contribution is 2.33. The number of carbonyl (C=O) groups excluding carboxylic acids is 1. The second kappa shape index (κ2) is 11.8. The second-order valence-corrected chi connectivity index (χ2v) is 9.01. The quantitative estimate of drug-likeness (QED) is 0.509. The molecule has 1 amide bonds. The smallest absolute Gasteiger partial charge is 0.425 e. The molecule has 38 heavy (non-hydrogen) atoms. The number of nitriles is 1. The Labute approximate surface area is 216 Å². The van der Waals surface area contributed by atoms with Gasteiger partial charge in [0.25, 0.3) is 11.5 Å². The van der Waals surface area contributed by atoms with Gasteiger partial charge in [-0.1, -0.05) is 0 Å². The predicted molar refractivity (Wildman–Crippen MR) is 126 cm³/mol. The molecule has 2 atom stereocenters. The maximum atomic E-state index is 13.3. The van der Waals surface area contributed by atoms with Gasteiger partial charge in [0.1, 0.15) is 24.1 Å². The first-order chi connectivity index (χ1) is 18.2. The molecular weight excluding hydrogens is 509 g/mol. The van der Waals surface area contributed by atoms with E-state index in [1.165, 1.54) is 13.3 Å². The molecule has 14 heteroatoms. The van der Waals surface area contributed by atoms with Crippen LogP contribution < -0.4 is 15.2 Å². The lowest BCUT2D eigenvalue weighted by molar-refractivity contribution is -0.142. The molecular formula is C24H27F3N6O5. The topological polar surface area (TPSA) is 134 Å². The van der Waals surface area contributed by atoms with Crippen LogP contribution in [-0.2, 0) is 20.4 Å². The lowest BCUT2D eigenvalue weighted by Gasteiger charge is -2.37. The lowest BCUT2D eigenvalue weighted by Crippen LogP contribution is -2.47. The van der Waals surface area contributed by atoms with E-state index in [0.29, 0.717) is 31.6 Å². The van der Waals surface area contributed by atoms with Crippen LogP contribution in [0.4, 0.5) is 19.0 Å². The van der Waals surface area contributed by atoms with E-state index in [1.807, 2.05) is 12.1 Å². The lowest BCUT2D eigenvalue weighted by atomic mass is 10.0. The molecule has 2 aromatic heterocycles. The SMILES string of the molecule is COC[C@@H](CO[C@@H]1CCN(C2CCN(c3ccc(C#N)cn3)CC2)C1=O)Oc1cn[nH]c(=O)c1C(F)(F)F. The van der Waals surface area contributed by atoms with Gasteiger partial charge in [-0.15, -0.1) is 0 Å². The van der Waals surface area contributed by atoms with Gasteiger partial charge < -0.3 is 24.0 Å². The minimum Gasteiger partial charge on any atom is -0.483 e. The van der Waals surface area contributed by atoms with Crippen LogP contribution in [0.15, 0.2) is 29.3 Å². The summed E-state index contributed by atoms with van der Waals surface area (Å²) in [5.74, 6) is -0.135. The number of nitrogens with one attached hydrogen (secondary N) is 1. The number of hydrogen-bond donors (Lipinski definition) is 1. The van der Waals surface area contributed by atoms with Gasteiger partial charge in [0.05, 0.1) is 25.0 Å². The number of nitrogens with zero attached hydrogens (tertiary/aromatic N) is 5. The van der Waals surface area contributed by atoms with Gasteiger partial charge in [0.15, 0.2) is 11.3 Å². The van der Waals surface area contributed by atoms with Crippen LogP contribution in [0.2, 0.25) is 0 Å². The number of anilines is 1. The number of piperidine rings is 1. The van der Waals surface area contributed by atoms with Crippen molar-refractivity contribution < 1.29 is 32.2 Å². The van der Waals surface area contributed by atoms with Crippen LogP contribution in [0.25, 0.3) is 0 Å². The standard InChI is InChI=1S/C24H27F3N6O5/c1-36-13-17(38-19-12-30-31-22(34)21(19)24(25,26)27)14-37-18-6-9-33(23(18)35)16-4-7-32(8-5-16)20-3-2-15(10-28)11-29-20/h2-3,11-12,16-18H,4-9,13-14H2,1H3,(H,31,34)/t17-,18+/m0/s1. The number of carbonyl (C=O) groups is 1. The van der Waals surface area contributed by atoms with Crippen molar-refractivity contribution >= 4 is 11.7 Å². The third-order valence-electron chi connectivity index (χ3n) is 6.53. The molecule has 0 saturated carbocycles. The van der Waals surface area contributed by atoms with E-state index in [9.17, 15) is 22.8 Å². The van der Waals surface area contributed by atoms with Crippen LogP contribution >= 0.6 is 0 Å². The molecule has 0 radical (unpaired) electrons. The fourth-order valence-electron chi connectivity index (χ4n) is 4.68. The molecule has 1 N–H and O–H groups in total. The van der Waals surface area contributed by atoms with Crippen LogP contribution in [0.3, 0.4) is 0 Å². The maximum Gasteiger partial charge on any atom is 0.425 e. The number of amides is 1. The summed E-state index contributed by atoms with van der Waals surface area (Å²) in [6.45, 7) is 1.57. The summed E-state index contributed by atoms with van der Waals surface area (Å²) in [4.78, 5) is 33.0. The van der Waals surface area contributed by atoms with Crippen molar-refractivity contribution in [3.8, 4) is 11.8 Å². The number of rotatable bonds is 9. The number of aromatic amines is 1. The summed E-state index contributed by atoms with van der Waals surface area (Å²) in [6.07, 6.45) is -2.48. The van der Waals surface area contributed by atoms with Gasteiger partial charge in [-0.2, -0.15) is 23.5 Å². The number of hydrogen-bond acceptors (Lipinski definition) is 9. The summed E-state index contributed by atoms with van der Waals surface area (Å²) in [7, 11) is 1.35. The fourth-order valence-corrected chi connectivity index (χ4v) is 4.68. The normalized spacial score (nSPS) is 19.4. The summed E-state index contributed by atoms with van der Waals surface area (Å²) in [5, 5.41) is 14.1.